The Morgan fingerprint density at radius 3 is 2.65 bits per heavy atom. The second-order valence-electron chi connectivity index (χ2n) is 4.10. The van der Waals surface area contributed by atoms with Gasteiger partial charge in [0, 0.05) is 21.9 Å². The third-order valence-electron chi connectivity index (χ3n) is 2.81. The molecule has 0 aliphatic heterocycles. The molecule has 0 aliphatic carbocycles. The first-order chi connectivity index (χ1) is 9.78. The van der Waals surface area contributed by atoms with Gasteiger partial charge in [-0.3, -0.25) is 0 Å². The van der Waals surface area contributed by atoms with E-state index in [-0.39, 0.29) is 5.97 Å². The highest BCUT2D eigenvalue weighted by Gasteiger charge is 2.12. The molecule has 0 unspecified atom stereocenters. The summed E-state index contributed by atoms with van der Waals surface area (Å²) in [5.74, 6) is -0.305. The van der Waals surface area contributed by atoms with Crippen molar-refractivity contribution in [3.05, 3.63) is 52.0 Å². The highest BCUT2D eigenvalue weighted by Crippen LogP contribution is 2.31. The lowest BCUT2D eigenvalue weighted by molar-refractivity contribution is 0.0606. The number of hydrogen-bond donors (Lipinski definition) is 0. The average molecular weight is 301 g/mol. The van der Waals surface area contributed by atoms with E-state index in [9.17, 15) is 4.79 Å². The molecule has 3 rings (SSSR count). The summed E-state index contributed by atoms with van der Waals surface area (Å²) in [5.41, 5.74) is 3.01. The Labute approximate surface area is 124 Å². The molecule has 3 aromatic rings. The van der Waals surface area contributed by atoms with E-state index >= 15 is 0 Å². The van der Waals surface area contributed by atoms with Gasteiger partial charge in [-0.2, -0.15) is 0 Å². The van der Waals surface area contributed by atoms with Crippen molar-refractivity contribution >= 4 is 28.6 Å². The van der Waals surface area contributed by atoms with Gasteiger partial charge >= 0.3 is 5.97 Å². The zero-order valence-corrected chi connectivity index (χ0v) is 12.3. The van der Waals surface area contributed by atoms with Gasteiger partial charge in [-0.15, -0.1) is 22.7 Å². The third-order valence-corrected chi connectivity index (χ3v) is 4.61. The minimum absolute atomic E-state index is 0.305. The van der Waals surface area contributed by atoms with Crippen molar-refractivity contribution in [2.24, 2.45) is 0 Å². The molecule has 0 atom stereocenters. The van der Waals surface area contributed by atoms with Crippen LogP contribution in [-0.2, 0) is 4.74 Å². The second-order valence-corrected chi connectivity index (χ2v) is 5.86. The highest BCUT2D eigenvalue weighted by molar-refractivity contribution is 7.15. The monoisotopic (exact) mass is 301 g/mol. The fraction of sp³-hybridized carbons (Fsp3) is 0.0667. The van der Waals surface area contributed by atoms with Gasteiger partial charge in [0.25, 0.3) is 0 Å². The second kappa shape index (κ2) is 5.56. The molecular formula is C15H11NO2S2. The number of nitrogens with zero attached hydrogens (tertiary/aromatic N) is 1. The average Bonchev–Trinajstić information content (AvgIpc) is 3.16. The van der Waals surface area contributed by atoms with Crippen molar-refractivity contribution in [3.63, 3.8) is 0 Å². The van der Waals surface area contributed by atoms with E-state index in [1.165, 1.54) is 18.4 Å². The lowest BCUT2D eigenvalue weighted by Crippen LogP contribution is -1.96. The number of benzene rings is 1. The Bertz CT molecular complexity index is 731. The number of thiazole rings is 1. The van der Waals surface area contributed by atoms with Gasteiger partial charge in [-0.05, 0) is 6.07 Å². The van der Waals surface area contributed by atoms with Crippen molar-refractivity contribution in [1.29, 1.82) is 0 Å². The Hall–Kier alpha value is -1.98. The van der Waals surface area contributed by atoms with Gasteiger partial charge in [-0.25, -0.2) is 9.78 Å². The first-order valence-electron chi connectivity index (χ1n) is 5.96. The van der Waals surface area contributed by atoms with Crippen LogP contribution in [0.3, 0.4) is 0 Å². The number of hydrogen-bond acceptors (Lipinski definition) is 5. The lowest BCUT2D eigenvalue weighted by Gasteiger charge is -1.94. The summed E-state index contributed by atoms with van der Waals surface area (Å²) in [5, 5.41) is 4.87. The van der Waals surface area contributed by atoms with Crippen molar-refractivity contribution in [2.45, 2.75) is 0 Å². The van der Waals surface area contributed by atoms with E-state index in [0.717, 1.165) is 21.8 Å². The van der Waals surface area contributed by atoms with Crippen LogP contribution >= 0.6 is 22.7 Å². The molecule has 100 valence electrons. The predicted octanol–water partition coefficient (Wildman–Crippen LogP) is 4.33. The van der Waals surface area contributed by atoms with Crippen LogP contribution in [0, 0.1) is 0 Å². The van der Waals surface area contributed by atoms with E-state index in [0.29, 0.717) is 4.88 Å². The molecule has 0 fully saturated rings. The van der Waals surface area contributed by atoms with Gasteiger partial charge in [0.2, 0.25) is 0 Å². The molecule has 0 N–H and O–H groups in total. The molecule has 0 amide bonds. The summed E-state index contributed by atoms with van der Waals surface area (Å²) in [6.45, 7) is 0. The molecule has 0 saturated carbocycles. The van der Waals surface area contributed by atoms with Crippen LogP contribution in [-0.4, -0.2) is 18.1 Å². The Morgan fingerprint density at radius 1 is 1.10 bits per heavy atom. The number of aromatic nitrogens is 1. The number of rotatable bonds is 3. The molecule has 20 heavy (non-hydrogen) atoms. The van der Waals surface area contributed by atoms with E-state index in [4.69, 9.17) is 4.74 Å². The van der Waals surface area contributed by atoms with E-state index < -0.39 is 0 Å². The number of ether oxygens (including phenoxy) is 1. The van der Waals surface area contributed by atoms with Crippen LogP contribution in [0.15, 0.2) is 47.2 Å². The van der Waals surface area contributed by atoms with Crippen LogP contribution in [0.2, 0.25) is 0 Å². The molecule has 5 heteroatoms. The minimum atomic E-state index is -0.305. The summed E-state index contributed by atoms with van der Waals surface area (Å²) >= 11 is 2.95. The Morgan fingerprint density at radius 2 is 1.90 bits per heavy atom. The maximum atomic E-state index is 11.5. The van der Waals surface area contributed by atoms with Crippen LogP contribution in [0.25, 0.3) is 21.8 Å². The first kappa shape index (κ1) is 13.0. The Kier molecular flexibility index (Phi) is 3.62. The summed E-state index contributed by atoms with van der Waals surface area (Å²) in [4.78, 5) is 16.7. The van der Waals surface area contributed by atoms with Gasteiger partial charge < -0.3 is 4.74 Å². The van der Waals surface area contributed by atoms with Gasteiger partial charge in [-0.1, -0.05) is 30.3 Å². The van der Waals surface area contributed by atoms with Crippen LogP contribution < -0.4 is 0 Å². The summed E-state index contributed by atoms with van der Waals surface area (Å²) < 4.78 is 4.71. The molecule has 1 aromatic carbocycles. The molecule has 0 bridgehead atoms. The maximum Gasteiger partial charge on any atom is 0.348 e. The molecule has 0 aliphatic rings. The number of methoxy groups -OCH3 is 1. The molecule has 2 heterocycles. The third kappa shape index (κ3) is 2.50. The normalized spacial score (nSPS) is 10.4. The molecular weight excluding hydrogens is 290 g/mol. The van der Waals surface area contributed by atoms with E-state index in [1.54, 1.807) is 11.3 Å². The zero-order valence-electron chi connectivity index (χ0n) is 10.7. The molecule has 2 aromatic heterocycles. The first-order valence-corrected chi connectivity index (χ1v) is 7.72. The topological polar surface area (TPSA) is 39.2 Å². The number of carbonyl (C=O) groups excluding carboxylic acids is 1. The van der Waals surface area contributed by atoms with E-state index in [2.05, 4.69) is 4.98 Å². The molecule has 0 saturated heterocycles. The number of esters is 1. The standard InChI is InChI=1S/C15H11NO2S2/c1-18-15(17)13-7-11(8-19-13)14-16-12(9-20-14)10-5-3-2-4-6-10/h2-9H,1H3. The van der Waals surface area contributed by atoms with Crippen LogP contribution in [0.5, 0.6) is 0 Å². The van der Waals surface area contributed by atoms with Gasteiger partial charge in [0.15, 0.2) is 0 Å². The van der Waals surface area contributed by atoms with Gasteiger partial charge in [0.05, 0.1) is 12.8 Å². The van der Waals surface area contributed by atoms with Crippen molar-refractivity contribution in [3.8, 4) is 21.8 Å². The van der Waals surface area contributed by atoms with Crippen LogP contribution in [0.1, 0.15) is 9.67 Å². The highest BCUT2D eigenvalue weighted by atomic mass is 32.1. The summed E-state index contributed by atoms with van der Waals surface area (Å²) in [6, 6.07) is 11.9. The molecule has 0 radical (unpaired) electrons. The minimum Gasteiger partial charge on any atom is -0.465 e. The Balaban J connectivity index is 1.91. The van der Waals surface area contributed by atoms with Crippen molar-refractivity contribution in [1.82, 2.24) is 4.98 Å². The molecule has 0 spiro atoms. The number of carbonyl (C=O) groups is 1. The zero-order chi connectivity index (χ0) is 13.9. The SMILES string of the molecule is COC(=O)c1cc(-c2nc(-c3ccccc3)cs2)cs1. The smallest absolute Gasteiger partial charge is 0.348 e. The van der Waals surface area contributed by atoms with Gasteiger partial charge in [0.1, 0.15) is 9.88 Å². The van der Waals surface area contributed by atoms with E-state index in [1.807, 2.05) is 47.2 Å². The van der Waals surface area contributed by atoms with Crippen LogP contribution in [0.4, 0.5) is 0 Å². The largest absolute Gasteiger partial charge is 0.465 e. The predicted molar refractivity (Wildman–Crippen MR) is 82.2 cm³/mol. The quantitative estimate of drug-likeness (QED) is 0.676. The maximum absolute atomic E-state index is 11.5. The van der Waals surface area contributed by atoms with Crippen molar-refractivity contribution < 1.29 is 9.53 Å². The van der Waals surface area contributed by atoms with Crippen molar-refractivity contribution in [2.75, 3.05) is 7.11 Å². The molecule has 3 nitrogen and oxygen atoms in total. The summed E-state index contributed by atoms with van der Waals surface area (Å²) in [6.07, 6.45) is 0. The summed E-state index contributed by atoms with van der Waals surface area (Å²) in [7, 11) is 1.39. The fourth-order valence-electron chi connectivity index (χ4n) is 1.80. The number of thiophene rings is 1. The fourth-order valence-corrected chi connectivity index (χ4v) is 3.50. The lowest BCUT2D eigenvalue weighted by atomic mass is 10.2.